The maximum atomic E-state index is 11.8. The van der Waals surface area contributed by atoms with E-state index in [0.717, 1.165) is 55.1 Å². The number of imidazole rings is 1. The van der Waals surface area contributed by atoms with E-state index in [2.05, 4.69) is 84.4 Å². The molecule has 8 rings (SSSR count). The molecule has 50 heavy (non-hydrogen) atoms. The molecule has 0 amide bonds. The fourth-order valence-corrected chi connectivity index (χ4v) is 7.83. The number of rotatable bonds is 9. The second kappa shape index (κ2) is 13.1. The van der Waals surface area contributed by atoms with E-state index in [1.165, 1.54) is 0 Å². The molecule has 0 N–H and O–H groups in total. The normalized spacial score (nSPS) is 11.7. The molecule has 0 aliphatic rings. The molecule has 0 aliphatic carbocycles. The summed E-state index contributed by atoms with van der Waals surface area (Å²) in [7, 11) is 0. The van der Waals surface area contributed by atoms with Gasteiger partial charge >= 0.3 is 0 Å². The number of hydrogen-bond acceptors (Lipinski definition) is 6. The Morgan fingerprint density at radius 1 is 0.760 bits per heavy atom. The number of aldehydes is 1. The first-order valence-electron chi connectivity index (χ1n) is 15.9. The van der Waals surface area contributed by atoms with Gasteiger partial charge in [0.1, 0.15) is 17.0 Å². The minimum atomic E-state index is -0.896. The van der Waals surface area contributed by atoms with Gasteiger partial charge in [-0.3, -0.25) is 4.79 Å². The molecule has 8 nitrogen and oxygen atoms in total. The van der Waals surface area contributed by atoms with Gasteiger partial charge in [0.05, 0.1) is 16.7 Å². The summed E-state index contributed by atoms with van der Waals surface area (Å²) < 4.78 is 9.75. The average Bonchev–Trinajstić information content (AvgIpc) is 3.85. The summed E-state index contributed by atoms with van der Waals surface area (Å²) >= 11 is 7.35. The first-order valence-corrected chi connectivity index (χ1v) is 17.5. The average molecular weight is 785 g/mol. The van der Waals surface area contributed by atoms with E-state index in [9.17, 15) is 4.79 Å². The highest BCUT2D eigenvalue weighted by atomic mass is 79.9. The van der Waals surface area contributed by atoms with Gasteiger partial charge in [-0.25, -0.2) is 4.98 Å². The molecule has 0 aliphatic heterocycles. The van der Waals surface area contributed by atoms with Crippen molar-refractivity contribution in [1.82, 2.24) is 29.8 Å². The van der Waals surface area contributed by atoms with Crippen LogP contribution >= 0.6 is 31.9 Å². The van der Waals surface area contributed by atoms with Gasteiger partial charge in [-0.2, -0.15) is 0 Å². The van der Waals surface area contributed by atoms with E-state index in [1.54, 1.807) is 4.80 Å². The Hall–Kier alpha value is -5.45. The van der Waals surface area contributed by atoms with Crippen molar-refractivity contribution in [2.45, 2.75) is 19.0 Å². The molecule has 10 heteroatoms. The zero-order chi connectivity index (χ0) is 34.2. The van der Waals surface area contributed by atoms with Crippen LogP contribution in [0.1, 0.15) is 38.4 Å². The Morgan fingerprint density at radius 3 is 1.94 bits per heavy atom. The van der Waals surface area contributed by atoms with Crippen LogP contribution in [-0.4, -0.2) is 36.0 Å². The number of aryl methyl sites for hydroxylation is 1. The summed E-state index contributed by atoms with van der Waals surface area (Å²) in [5.41, 5.74) is 6.62. The van der Waals surface area contributed by atoms with Crippen LogP contribution in [0.25, 0.3) is 33.7 Å². The molecule has 0 radical (unpaired) electrons. The predicted molar refractivity (Wildman–Crippen MR) is 200 cm³/mol. The Kier molecular flexibility index (Phi) is 8.34. The van der Waals surface area contributed by atoms with Crippen molar-refractivity contribution in [1.29, 1.82) is 0 Å². The molecule has 3 heterocycles. The summed E-state index contributed by atoms with van der Waals surface area (Å²) in [6.45, 7) is 2.29. The van der Waals surface area contributed by atoms with Gasteiger partial charge in [0.2, 0.25) is 5.82 Å². The highest BCUT2D eigenvalue weighted by Crippen LogP contribution is 2.43. The first-order chi connectivity index (χ1) is 24.5. The molecule has 244 valence electrons. The third-order valence-corrected chi connectivity index (χ3v) is 10.4. The maximum Gasteiger partial charge on any atom is 0.205 e. The topological polar surface area (TPSA) is 91.6 Å². The lowest BCUT2D eigenvalue weighted by Crippen LogP contribution is -2.39. The molecule has 5 aromatic carbocycles. The fourth-order valence-electron chi connectivity index (χ4n) is 6.64. The van der Waals surface area contributed by atoms with Crippen LogP contribution in [0.2, 0.25) is 0 Å². The summed E-state index contributed by atoms with van der Waals surface area (Å²) in [4.78, 5) is 17.9. The number of carbonyl (C=O) groups excluding carboxylic acids is 1. The Labute approximate surface area is 304 Å². The van der Waals surface area contributed by atoms with Crippen molar-refractivity contribution >= 4 is 49.1 Å². The second-order valence-electron chi connectivity index (χ2n) is 11.9. The van der Waals surface area contributed by atoms with Crippen LogP contribution in [0.5, 0.6) is 0 Å². The van der Waals surface area contributed by atoms with E-state index in [0.29, 0.717) is 34.3 Å². The summed E-state index contributed by atoms with van der Waals surface area (Å²) in [6.07, 6.45) is 0.836. The molecule has 3 aromatic heterocycles. The van der Waals surface area contributed by atoms with Crippen molar-refractivity contribution in [2.24, 2.45) is 0 Å². The van der Waals surface area contributed by atoms with Crippen LogP contribution in [-0.2, 0) is 12.1 Å². The Morgan fingerprint density at radius 2 is 1.34 bits per heavy atom. The number of carbonyl (C=O) groups is 1. The smallest absolute Gasteiger partial charge is 0.205 e. The summed E-state index contributed by atoms with van der Waals surface area (Å²) in [6, 6.07) is 44.7. The second-order valence-corrected chi connectivity index (χ2v) is 13.4. The van der Waals surface area contributed by atoms with Crippen molar-refractivity contribution in [3.05, 3.63) is 176 Å². The van der Waals surface area contributed by atoms with Crippen molar-refractivity contribution < 1.29 is 9.21 Å². The SMILES string of the molecule is Cc1nc(Br)n(Cc2ccc3oc(-c4ccccc4-c4nnn(C(c5ccccc5)(c5ccccc5)c5ccccc5)n4)c(Br)c3c2)c1C=O. The van der Waals surface area contributed by atoms with Gasteiger partial charge in [-0.1, -0.05) is 121 Å². The standard InChI is InChI=1S/C40H28Br2N6O2/c1-26-34(25-49)47(39(42)43-26)24-27-21-22-35-33(23-27)36(41)37(50-35)31-19-11-12-20-32(31)38-44-46-48(45-38)40(28-13-5-2-6-14-28,29-15-7-3-8-16-29)30-17-9-4-10-18-30/h2-23,25H,24H2,1H3. The van der Waals surface area contributed by atoms with E-state index < -0.39 is 5.54 Å². The number of benzene rings is 5. The van der Waals surface area contributed by atoms with Crippen LogP contribution in [0.4, 0.5) is 0 Å². The number of aromatic nitrogens is 6. The molecular weight excluding hydrogens is 756 g/mol. The fraction of sp³-hybridized carbons (Fsp3) is 0.0750. The van der Waals surface area contributed by atoms with Crippen LogP contribution in [0.3, 0.4) is 0 Å². The Balaban J connectivity index is 1.25. The molecule has 0 saturated heterocycles. The predicted octanol–water partition coefficient (Wildman–Crippen LogP) is 9.48. The quantitative estimate of drug-likeness (QED) is 0.107. The lowest BCUT2D eigenvalue weighted by molar-refractivity contribution is 0.111. The third-order valence-electron chi connectivity index (χ3n) is 8.99. The molecule has 0 bridgehead atoms. The molecular formula is C40H28Br2N6O2. The zero-order valence-electron chi connectivity index (χ0n) is 26.7. The zero-order valence-corrected chi connectivity index (χ0v) is 29.9. The van der Waals surface area contributed by atoms with Crippen molar-refractivity contribution in [2.75, 3.05) is 0 Å². The van der Waals surface area contributed by atoms with Crippen LogP contribution < -0.4 is 0 Å². The van der Waals surface area contributed by atoms with Gasteiger partial charge in [0.25, 0.3) is 0 Å². The molecule has 0 spiro atoms. The van der Waals surface area contributed by atoms with Crippen LogP contribution in [0.15, 0.2) is 147 Å². The molecule has 0 atom stereocenters. The third kappa shape index (κ3) is 5.32. The minimum Gasteiger partial charge on any atom is -0.455 e. The molecule has 0 fully saturated rings. The largest absolute Gasteiger partial charge is 0.455 e. The van der Waals surface area contributed by atoms with E-state index in [-0.39, 0.29) is 0 Å². The highest BCUT2D eigenvalue weighted by molar-refractivity contribution is 9.11. The van der Waals surface area contributed by atoms with E-state index in [1.807, 2.05) is 102 Å². The van der Waals surface area contributed by atoms with Gasteiger partial charge < -0.3 is 8.98 Å². The number of fused-ring (bicyclic) bond motifs is 1. The number of furan rings is 1. The maximum absolute atomic E-state index is 11.8. The Bertz CT molecular complexity index is 2380. The lowest BCUT2D eigenvalue weighted by atomic mass is 9.77. The molecule has 0 unspecified atom stereocenters. The number of tetrazole rings is 1. The van der Waals surface area contributed by atoms with E-state index in [4.69, 9.17) is 14.7 Å². The number of halogens is 2. The minimum absolute atomic E-state index is 0.461. The van der Waals surface area contributed by atoms with Crippen LogP contribution in [0, 0.1) is 6.92 Å². The van der Waals surface area contributed by atoms with E-state index >= 15 is 0 Å². The van der Waals surface area contributed by atoms with Gasteiger partial charge in [-0.05, 0) is 78.4 Å². The van der Waals surface area contributed by atoms with Crippen molar-refractivity contribution in [3.8, 4) is 22.7 Å². The molecule has 8 aromatic rings. The summed E-state index contributed by atoms with van der Waals surface area (Å²) in [5.74, 6) is 1.11. The van der Waals surface area contributed by atoms with Gasteiger partial charge in [-0.15, -0.1) is 15.0 Å². The monoisotopic (exact) mass is 782 g/mol. The van der Waals surface area contributed by atoms with Gasteiger partial charge in [0, 0.05) is 16.5 Å². The lowest BCUT2D eigenvalue weighted by Gasteiger charge is -2.34. The highest BCUT2D eigenvalue weighted by Gasteiger charge is 2.41. The number of nitrogens with zero attached hydrogens (tertiary/aromatic N) is 6. The van der Waals surface area contributed by atoms with Crippen molar-refractivity contribution in [3.63, 3.8) is 0 Å². The first kappa shape index (κ1) is 31.8. The molecule has 0 saturated carbocycles. The van der Waals surface area contributed by atoms with Gasteiger partial charge in [0.15, 0.2) is 16.6 Å². The number of hydrogen-bond donors (Lipinski definition) is 0. The summed E-state index contributed by atoms with van der Waals surface area (Å²) in [5, 5.41) is 15.5.